The summed E-state index contributed by atoms with van der Waals surface area (Å²) in [6.45, 7) is 0.00522. The first-order valence-electron chi connectivity index (χ1n) is 12.0. The van der Waals surface area contributed by atoms with Gasteiger partial charge in [-0.2, -0.15) is 22.3 Å². The van der Waals surface area contributed by atoms with Crippen LogP contribution in [0.5, 0.6) is 0 Å². The molecular weight excluding hydrogens is 636 g/mol. The second-order valence-electron chi connectivity index (χ2n) is 9.06. The van der Waals surface area contributed by atoms with Gasteiger partial charge in [0.15, 0.2) is 0 Å². The number of rotatable bonds is 2. The molecule has 0 N–H and O–H groups in total. The zero-order valence-electron chi connectivity index (χ0n) is 19.5. The standard InChI is InChI=1S/C30H18BN5.Pt/c1-3-9-27-23(7-1)25-13-11-21(34-17-5-15-32-34)19-29(25)36-30-20-22(35-18-6-16-33-35)12-14-26(30)24-8-2-4-10-28(24)31(27)36;/h1-18H;/q-2;+2. The maximum atomic E-state index is 4.46. The van der Waals surface area contributed by atoms with Gasteiger partial charge in [-0.15, -0.1) is 35.4 Å². The number of hydrogen-bond donors (Lipinski definition) is 0. The molecule has 0 amide bonds. The van der Waals surface area contributed by atoms with Crippen molar-refractivity contribution >= 4 is 29.1 Å². The third-order valence-corrected chi connectivity index (χ3v) is 7.15. The summed E-state index contributed by atoms with van der Waals surface area (Å²) in [6.07, 6.45) is 7.49. The molecule has 0 saturated heterocycles. The van der Waals surface area contributed by atoms with Crippen LogP contribution in [0.3, 0.4) is 0 Å². The van der Waals surface area contributed by atoms with E-state index in [1.165, 1.54) is 22.1 Å². The van der Waals surface area contributed by atoms with Crippen LogP contribution in [0.2, 0.25) is 0 Å². The first kappa shape index (κ1) is 22.1. The first-order valence-corrected chi connectivity index (χ1v) is 12.0. The van der Waals surface area contributed by atoms with Gasteiger partial charge in [-0.1, -0.05) is 82.0 Å². The van der Waals surface area contributed by atoms with Gasteiger partial charge < -0.3 is 4.81 Å². The molecule has 0 spiro atoms. The summed E-state index contributed by atoms with van der Waals surface area (Å²) in [5, 5.41) is 8.92. The van der Waals surface area contributed by atoms with Gasteiger partial charge in [0.2, 0.25) is 0 Å². The van der Waals surface area contributed by atoms with E-state index in [0.29, 0.717) is 0 Å². The fourth-order valence-electron chi connectivity index (χ4n) is 5.62. The maximum Gasteiger partial charge on any atom is 2.00 e. The molecule has 4 heterocycles. The predicted octanol–water partition coefficient (Wildman–Crippen LogP) is 4.56. The number of aromatic nitrogens is 4. The molecule has 4 aromatic carbocycles. The zero-order valence-corrected chi connectivity index (χ0v) is 21.8. The molecule has 2 aliphatic rings. The van der Waals surface area contributed by atoms with Crippen molar-refractivity contribution < 1.29 is 21.1 Å². The Bertz CT molecular complexity index is 1630. The normalized spacial score (nSPS) is 12.5. The summed E-state index contributed by atoms with van der Waals surface area (Å²) in [4.78, 5) is 2.40. The summed E-state index contributed by atoms with van der Waals surface area (Å²) >= 11 is 0. The average molecular weight is 654 g/mol. The van der Waals surface area contributed by atoms with Gasteiger partial charge in [-0.05, 0) is 23.5 Å². The van der Waals surface area contributed by atoms with Gasteiger partial charge in [-0.25, -0.2) is 0 Å². The fraction of sp³-hybridized carbons (Fsp3) is 0. The quantitative estimate of drug-likeness (QED) is 0.203. The van der Waals surface area contributed by atoms with Crippen molar-refractivity contribution in [1.29, 1.82) is 0 Å². The van der Waals surface area contributed by atoms with Crippen LogP contribution in [0.15, 0.2) is 110 Å². The first-order chi connectivity index (χ1) is 17.9. The smallest absolute Gasteiger partial charge is 0.418 e. The third-order valence-electron chi connectivity index (χ3n) is 7.15. The fourth-order valence-corrected chi connectivity index (χ4v) is 5.62. The van der Waals surface area contributed by atoms with Crippen LogP contribution in [-0.2, 0) is 21.1 Å². The largest absolute Gasteiger partial charge is 2.00 e. The summed E-state index contributed by atoms with van der Waals surface area (Å²) in [5.41, 5.74) is 11.2. The van der Waals surface area contributed by atoms with Crippen LogP contribution < -0.4 is 15.7 Å². The Kier molecular flexibility index (Phi) is 5.05. The summed E-state index contributed by atoms with van der Waals surface area (Å²) in [5.74, 6) is 0. The SMILES string of the molecule is [Pt+2].[c-]1c(-n2cccn2)ccc2c1N1B(c3ccccc3-2)c2ccccc2-c2ccc(-n3cccn3)[c-]c21. The van der Waals surface area contributed by atoms with E-state index in [1.807, 2.05) is 33.9 Å². The van der Waals surface area contributed by atoms with Crippen molar-refractivity contribution in [3.8, 4) is 33.6 Å². The second kappa shape index (κ2) is 8.46. The van der Waals surface area contributed by atoms with Gasteiger partial charge in [0.1, 0.15) is 0 Å². The molecule has 0 atom stereocenters. The zero-order chi connectivity index (χ0) is 23.6. The minimum atomic E-state index is 0. The molecule has 37 heavy (non-hydrogen) atoms. The van der Waals surface area contributed by atoms with Gasteiger partial charge in [0, 0.05) is 24.8 Å². The predicted molar refractivity (Wildman–Crippen MR) is 143 cm³/mol. The molecule has 0 aliphatic carbocycles. The molecule has 0 saturated carbocycles. The summed E-state index contributed by atoms with van der Waals surface area (Å²) in [7, 11) is 0. The van der Waals surface area contributed by atoms with E-state index in [9.17, 15) is 0 Å². The monoisotopic (exact) mass is 654 g/mol. The number of nitrogens with zero attached hydrogens (tertiary/aromatic N) is 5. The molecule has 7 heteroatoms. The van der Waals surface area contributed by atoms with Gasteiger partial charge in [-0.3, -0.25) is 9.36 Å². The van der Waals surface area contributed by atoms with E-state index < -0.39 is 0 Å². The van der Waals surface area contributed by atoms with Crippen LogP contribution in [0.1, 0.15) is 0 Å². The Labute approximate surface area is 229 Å². The molecule has 2 aliphatic heterocycles. The van der Waals surface area contributed by atoms with Crippen LogP contribution in [-0.4, -0.2) is 26.4 Å². The molecule has 0 bridgehead atoms. The minimum absolute atomic E-state index is 0. The third kappa shape index (κ3) is 3.22. The average Bonchev–Trinajstić information content (AvgIpc) is 3.67. The molecular formula is C30H18BN5Pt. The maximum absolute atomic E-state index is 4.46. The molecule has 6 aromatic rings. The summed E-state index contributed by atoms with van der Waals surface area (Å²) in [6, 6.07) is 37.3. The van der Waals surface area contributed by atoms with E-state index in [2.05, 4.69) is 99.9 Å². The number of benzene rings is 4. The molecule has 0 radical (unpaired) electrons. The molecule has 176 valence electrons. The Morgan fingerprint density at radius 1 is 0.541 bits per heavy atom. The van der Waals surface area contributed by atoms with Crippen molar-refractivity contribution in [1.82, 2.24) is 19.6 Å². The Morgan fingerprint density at radius 3 is 1.49 bits per heavy atom. The Morgan fingerprint density at radius 2 is 1.03 bits per heavy atom. The second-order valence-corrected chi connectivity index (χ2v) is 9.06. The summed E-state index contributed by atoms with van der Waals surface area (Å²) < 4.78 is 3.72. The van der Waals surface area contributed by atoms with Crippen LogP contribution >= 0.6 is 0 Å². The van der Waals surface area contributed by atoms with Crippen molar-refractivity contribution in [3.05, 3.63) is 122 Å². The van der Waals surface area contributed by atoms with E-state index in [-0.39, 0.29) is 27.9 Å². The molecule has 0 fully saturated rings. The molecule has 5 nitrogen and oxygen atoms in total. The van der Waals surface area contributed by atoms with Crippen LogP contribution in [0.25, 0.3) is 33.6 Å². The van der Waals surface area contributed by atoms with Crippen LogP contribution in [0, 0.1) is 12.1 Å². The van der Waals surface area contributed by atoms with Gasteiger partial charge in [0.05, 0.1) is 0 Å². The molecule has 8 rings (SSSR count). The topological polar surface area (TPSA) is 38.9 Å². The molecule has 2 aromatic heterocycles. The van der Waals surface area contributed by atoms with E-state index in [0.717, 1.165) is 33.9 Å². The van der Waals surface area contributed by atoms with E-state index >= 15 is 0 Å². The number of hydrogen-bond acceptors (Lipinski definition) is 3. The number of anilines is 2. The Hall–Kier alpha value is -4.15. The van der Waals surface area contributed by atoms with Crippen molar-refractivity contribution in [2.45, 2.75) is 0 Å². The van der Waals surface area contributed by atoms with Crippen molar-refractivity contribution in [3.63, 3.8) is 0 Å². The van der Waals surface area contributed by atoms with Gasteiger partial charge >= 0.3 is 27.9 Å². The van der Waals surface area contributed by atoms with Crippen molar-refractivity contribution in [2.24, 2.45) is 0 Å². The Balaban J connectivity index is 0.00000231. The molecule has 0 unspecified atom stereocenters. The van der Waals surface area contributed by atoms with E-state index in [1.54, 1.807) is 12.4 Å². The number of fused-ring (bicyclic) bond motifs is 11. The van der Waals surface area contributed by atoms with Crippen molar-refractivity contribution in [2.75, 3.05) is 4.81 Å². The minimum Gasteiger partial charge on any atom is -0.418 e. The van der Waals surface area contributed by atoms with Crippen LogP contribution in [0.4, 0.5) is 11.4 Å². The van der Waals surface area contributed by atoms with E-state index in [4.69, 9.17) is 0 Å². The van der Waals surface area contributed by atoms with Gasteiger partial charge in [0.25, 0.3) is 0 Å².